The van der Waals surface area contributed by atoms with E-state index in [4.69, 9.17) is 4.74 Å². The SMILES string of the molecule is COC(=O)C(C)NC(=O)CC1CCCCO1. The number of esters is 1. The second-order valence-corrected chi connectivity index (χ2v) is 4.01. The molecule has 0 spiro atoms. The molecule has 0 aliphatic carbocycles. The van der Waals surface area contributed by atoms with E-state index in [2.05, 4.69) is 10.1 Å². The van der Waals surface area contributed by atoms with Crippen molar-refractivity contribution < 1.29 is 19.1 Å². The zero-order chi connectivity index (χ0) is 12.0. The molecule has 92 valence electrons. The molecule has 1 amide bonds. The topological polar surface area (TPSA) is 64.6 Å². The molecule has 0 radical (unpaired) electrons. The quantitative estimate of drug-likeness (QED) is 0.718. The first-order valence-corrected chi connectivity index (χ1v) is 5.62. The summed E-state index contributed by atoms with van der Waals surface area (Å²) >= 11 is 0. The van der Waals surface area contributed by atoms with Crippen LogP contribution in [0.2, 0.25) is 0 Å². The van der Waals surface area contributed by atoms with Crippen molar-refractivity contribution in [2.75, 3.05) is 13.7 Å². The van der Waals surface area contributed by atoms with E-state index < -0.39 is 12.0 Å². The Morgan fingerprint density at radius 3 is 2.81 bits per heavy atom. The van der Waals surface area contributed by atoms with E-state index in [1.807, 2.05) is 0 Å². The molecule has 1 rings (SSSR count). The summed E-state index contributed by atoms with van der Waals surface area (Å²) in [7, 11) is 1.30. The van der Waals surface area contributed by atoms with Crippen LogP contribution in [0.25, 0.3) is 0 Å². The Balaban J connectivity index is 2.26. The minimum atomic E-state index is -0.596. The van der Waals surface area contributed by atoms with E-state index in [0.29, 0.717) is 6.42 Å². The summed E-state index contributed by atoms with van der Waals surface area (Å²) in [4.78, 5) is 22.6. The fourth-order valence-electron chi connectivity index (χ4n) is 1.71. The van der Waals surface area contributed by atoms with Crippen LogP contribution < -0.4 is 5.32 Å². The van der Waals surface area contributed by atoms with Gasteiger partial charge in [-0.15, -0.1) is 0 Å². The van der Waals surface area contributed by atoms with E-state index >= 15 is 0 Å². The van der Waals surface area contributed by atoms with Crippen molar-refractivity contribution in [2.45, 2.75) is 44.8 Å². The minimum absolute atomic E-state index is 0.00130. The first-order valence-electron chi connectivity index (χ1n) is 5.62. The van der Waals surface area contributed by atoms with Crippen LogP contribution in [0.4, 0.5) is 0 Å². The molecular formula is C11H19NO4. The molecule has 1 N–H and O–H groups in total. The molecule has 0 aromatic carbocycles. The molecule has 16 heavy (non-hydrogen) atoms. The predicted molar refractivity (Wildman–Crippen MR) is 57.8 cm³/mol. The molecule has 0 saturated carbocycles. The maximum atomic E-state index is 11.5. The Labute approximate surface area is 95.5 Å². The second-order valence-electron chi connectivity index (χ2n) is 4.01. The van der Waals surface area contributed by atoms with Gasteiger partial charge in [0.15, 0.2) is 0 Å². The maximum absolute atomic E-state index is 11.5. The van der Waals surface area contributed by atoms with Gasteiger partial charge in [-0.3, -0.25) is 4.79 Å². The number of ether oxygens (including phenoxy) is 2. The number of hydrogen-bond donors (Lipinski definition) is 1. The van der Waals surface area contributed by atoms with Crippen molar-refractivity contribution in [1.29, 1.82) is 0 Å². The summed E-state index contributed by atoms with van der Waals surface area (Å²) < 4.78 is 9.96. The fourth-order valence-corrected chi connectivity index (χ4v) is 1.71. The minimum Gasteiger partial charge on any atom is -0.467 e. The lowest BCUT2D eigenvalue weighted by Gasteiger charge is -2.22. The van der Waals surface area contributed by atoms with Crippen molar-refractivity contribution in [3.63, 3.8) is 0 Å². The van der Waals surface area contributed by atoms with Crippen LogP contribution >= 0.6 is 0 Å². The summed E-state index contributed by atoms with van der Waals surface area (Å²) in [5.74, 6) is -0.595. The van der Waals surface area contributed by atoms with Crippen LogP contribution in [0.15, 0.2) is 0 Å². The monoisotopic (exact) mass is 229 g/mol. The van der Waals surface area contributed by atoms with Crippen molar-refractivity contribution in [2.24, 2.45) is 0 Å². The van der Waals surface area contributed by atoms with E-state index in [-0.39, 0.29) is 12.0 Å². The van der Waals surface area contributed by atoms with Crippen molar-refractivity contribution in [1.82, 2.24) is 5.32 Å². The fraction of sp³-hybridized carbons (Fsp3) is 0.818. The molecule has 1 aliphatic heterocycles. The summed E-state index contributed by atoms with van der Waals surface area (Å²) in [5.41, 5.74) is 0. The summed E-state index contributed by atoms with van der Waals surface area (Å²) in [5, 5.41) is 2.58. The van der Waals surface area contributed by atoms with Gasteiger partial charge < -0.3 is 14.8 Å². The van der Waals surface area contributed by atoms with Gasteiger partial charge in [0.2, 0.25) is 5.91 Å². The second kappa shape index (κ2) is 6.48. The summed E-state index contributed by atoms with van der Waals surface area (Å²) in [6, 6.07) is -0.596. The van der Waals surface area contributed by atoms with Crippen molar-refractivity contribution >= 4 is 11.9 Å². The lowest BCUT2D eigenvalue weighted by molar-refractivity contribution is -0.145. The molecule has 1 saturated heterocycles. The third-order valence-corrected chi connectivity index (χ3v) is 2.62. The molecule has 1 aliphatic rings. The third-order valence-electron chi connectivity index (χ3n) is 2.62. The summed E-state index contributed by atoms with van der Waals surface area (Å²) in [6.45, 7) is 2.33. The first kappa shape index (κ1) is 13.0. The average molecular weight is 229 g/mol. The van der Waals surface area contributed by atoms with Crippen LogP contribution in [-0.2, 0) is 19.1 Å². The molecular weight excluding hydrogens is 210 g/mol. The van der Waals surface area contributed by atoms with Gasteiger partial charge in [0, 0.05) is 6.61 Å². The molecule has 2 unspecified atom stereocenters. The number of carbonyl (C=O) groups is 2. The summed E-state index contributed by atoms with van der Waals surface area (Å²) in [6.07, 6.45) is 3.40. The van der Waals surface area contributed by atoms with E-state index in [0.717, 1.165) is 25.9 Å². The largest absolute Gasteiger partial charge is 0.467 e. The lowest BCUT2D eigenvalue weighted by atomic mass is 10.1. The molecule has 5 nitrogen and oxygen atoms in total. The van der Waals surface area contributed by atoms with Gasteiger partial charge in [-0.2, -0.15) is 0 Å². The van der Waals surface area contributed by atoms with Gasteiger partial charge in [-0.05, 0) is 26.2 Å². The van der Waals surface area contributed by atoms with Crippen molar-refractivity contribution in [3.8, 4) is 0 Å². The Kier molecular flexibility index (Phi) is 5.25. The molecule has 0 aromatic heterocycles. The molecule has 0 bridgehead atoms. The standard InChI is InChI=1S/C11H19NO4/c1-8(11(14)15-2)12-10(13)7-9-5-3-4-6-16-9/h8-9H,3-7H2,1-2H3,(H,12,13). The van der Waals surface area contributed by atoms with Gasteiger partial charge in [-0.1, -0.05) is 0 Å². The predicted octanol–water partition coefficient (Wildman–Crippen LogP) is 0.623. The molecule has 1 fully saturated rings. The normalized spacial score (nSPS) is 22.2. The number of nitrogens with one attached hydrogen (secondary N) is 1. The van der Waals surface area contributed by atoms with Crippen LogP contribution in [-0.4, -0.2) is 37.7 Å². The van der Waals surface area contributed by atoms with Crippen molar-refractivity contribution in [3.05, 3.63) is 0 Å². The smallest absolute Gasteiger partial charge is 0.328 e. The van der Waals surface area contributed by atoms with Crippen LogP contribution in [0.3, 0.4) is 0 Å². The zero-order valence-electron chi connectivity index (χ0n) is 9.82. The number of carbonyl (C=O) groups excluding carboxylic acids is 2. The highest BCUT2D eigenvalue weighted by molar-refractivity contribution is 5.84. The van der Waals surface area contributed by atoms with Crippen LogP contribution in [0, 0.1) is 0 Å². The van der Waals surface area contributed by atoms with Gasteiger partial charge in [-0.25, -0.2) is 4.79 Å². The number of amides is 1. The van der Waals surface area contributed by atoms with Crippen LogP contribution in [0.1, 0.15) is 32.6 Å². The Hall–Kier alpha value is -1.10. The number of methoxy groups -OCH3 is 1. The van der Waals surface area contributed by atoms with E-state index in [1.54, 1.807) is 6.92 Å². The highest BCUT2D eigenvalue weighted by Gasteiger charge is 2.20. The molecule has 0 aromatic rings. The van der Waals surface area contributed by atoms with Gasteiger partial charge in [0.1, 0.15) is 6.04 Å². The third kappa shape index (κ3) is 4.18. The zero-order valence-corrected chi connectivity index (χ0v) is 9.82. The number of rotatable bonds is 4. The highest BCUT2D eigenvalue weighted by atomic mass is 16.5. The maximum Gasteiger partial charge on any atom is 0.328 e. The highest BCUT2D eigenvalue weighted by Crippen LogP contribution is 2.15. The average Bonchev–Trinajstić information content (AvgIpc) is 2.29. The molecule has 1 heterocycles. The van der Waals surface area contributed by atoms with Gasteiger partial charge >= 0.3 is 5.97 Å². The van der Waals surface area contributed by atoms with E-state index in [9.17, 15) is 9.59 Å². The Morgan fingerprint density at radius 2 is 2.25 bits per heavy atom. The Bertz CT molecular complexity index is 248. The first-order chi connectivity index (χ1) is 7.63. The molecule has 5 heteroatoms. The van der Waals surface area contributed by atoms with Gasteiger partial charge in [0.25, 0.3) is 0 Å². The Morgan fingerprint density at radius 1 is 1.50 bits per heavy atom. The molecule has 2 atom stereocenters. The lowest BCUT2D eigenvalue weighted by Crippen LogP contribution is -2.41. The number of hydrogen-bond acceptors (Lipinski definition) is 4. The van der Waals surface area contributed by atoms with Gasteiger partial charge in [0.05, 0.1) is 19.6 Å². The van der Waals surface area contributed by atoms with E-state index in [1.165, 1.54) is 7.11 Å². The van der Waals surface area contributed by atoms with Crippen LogP contribution in [0.5, 0.6) is 0 Å².